The molecule has 6 atom stereocenters. The van der Waals surface area contributed by atoms with Crippen LogP contribution in [0.5, 0.6) is 0 Å². The first-order valence-corrected chi connectivity index (χ1v) is 10.4. The maximum atomic E-state index is 11.6. The number of aliphatic imine (C=N–C) groups is 1. The molecular weight excluding hydrogens is 310 g/mol. The second-order valence-corrected chi connectivity index (χ2v) is 9.59. The van der Waals surface area contributed by atoms with Crippen molar-refractivity contribution in [2.24, 2.45) is 39.5 Å². The van der Waals surface area contributed by atoms with Crippen LogP contribution in [0, 0.1) is 34.5 Å². The molecule has 0 aromatic heterocycles. The third kappa shape index (κ3) is 2.30. The molecule has 4 aliphatic rings. The zero-order valence-electron chi connectivity index (χ0n) is 16.0. The molecule has 3 heteroatoms. The summed E-state index contributed by atoms with van der Waals surface area (Å²) in [4.78, 5) is 16.8. The largest absolute Gasteiger partial charge is 0.481 e. The predicted molar refractivity (Wildman–Crippen MR) is 101 cm³/mol. The molecule has 0 amide bonds. The van der Waals surface area contributed by atoms with Crippen molar-refractivity contribution >= 4 is 12.2 Å². The summed E-state index contributed by atoms with van der Waals surface area (Å²) < 4.78 is 0. The number of nitrogens with zero attached hydrogens (tertiary/aromatic N) is 1. The van der Waals surface area contributed by atoms with Gasteiger partial charge in [0.1, 0.15) is 0 Å². The van der Waals surface area contributed by atoms with Crippen LogP contribution < -0.4 is 0 Å². The third-order valence-corrected chi connectivity index (χ3v) is 8.42. The molecule has 3 nitrogen and oxygen atoms in total. The van der Waals surface area contributed by atoms with Gasteiger partial charge in [0.2, 0.25) is 0 Å². The molecule has 138 valence electrons. The molecule has 0 saturated heterocycles. The van der Waals surface area contributed by atoms with E-state index in [9.17, 15) is 9.90 Å². The Labute approximate surface area is 152 Å². The lowest BCUT2D eigenvalue weighted by atomic mass is 9.43. The summed E-state index contributed by atoms with van der Waals surface area (Å²) in [5.74, 6) is 1.74. The summed E-state index contributed by atoms with van der Waals surface area (Å²) in [5, 5.41) is 9.51. The fourth-order valence-electron chi connectivity index (χ4n) is 7.13. The van der Waals surface area contributed by atoms with E-state index >= 15 is 0 Å². The van der Waals surface area contributed by atoms with Crippen molar-refractivity contribution in [2.45, 2.75) is 78.2 Å². The molecule has 2 saturated carbocycles. The highest BCUT2D eigenvalue weighted by Crippen LogP contribution is 2.69. The summed E-state index contributed by atoms with van der Waals surface area (Å²) in [6, 6.07) is 0.284. The molecule has 0 aromatic carbocycles. The van der Waals surface area contributed by atoms with Gasteiger partial charge in [0.25, 0.3) is 0 Å². The Morgan fingerprint density at radius 1 is 1.32 bits per heavy atom. The number of hydrogen-bond donors (Lipinski definition) is 1. The van der Waals surface area contributed by atoms with Crippen LogP contribution in [0.25, 0.3) is 0 Å². The number of carbonyl (C=O) groups is 1. The van der Waals surface area contributed by atoms with Gasteiger partial charge in [0.15, 0.2) is 0 Å². The van der Waals surface area contributed by atoms with Gasteiger partial charge in [-0.25, -0.2) is 0 Å². The van der Waals surface area contributed by atoms with Gasteiger partial charge in [-0.3, -0.25) is 9.79 Å². The van der Waals surface area contributed by atoms with Crippen molar-refractivity contribution in [2.75, 3.05) is 0 Å². The quantitative estimate of drug-likeness (QED) is 0.721. The van der Waals surface area contributed by atoms with E-state index in [4.69, 9.17) is 4.99 Å². The van der Waals surface area contributed by atoms with Crippen LogP contribution >= 0.6 is 0 Å². The Kier molecular flexibility index (Phi) is 4.12. The number of fused-ring (bicyclic) bond motifs is 1. The Morgan fingerprint density at radius 3 is 2.84 bits per heavy atom. The van der Waals surface area contributed by atoms with Crippen molar-refractivity contribution in [3.8, 4) is 0 Å². The van der Waals surface area contributed by atoms with E-state index in [0.717, 1.165) is 6.42 Å². The Hall–Kier alpha value is -1.12. The molecule has 3 aliphatic carbocycles. The van der Waals surface area contributed by atoms with Crippen molar-refractivity contribution in [3.63, 3.8) is 0 Å². The first-order chi connectivity index (χ1) is 11.9. The van der Waals surface area contributed by atoms with E-state index in [1.54, 1.807) is 5.57 Å². The standard InChI is InChI=1S/C22H33NO2/c1-14(2)17-9-11-21(3)16-8-7-15-5-4-6-18(15)22(21,12-10-19(24)25)20(17)23-13-16/h6,13-17,20H,4-5,7-12H2,1-3H3,(H,24,25)/t15-,16-,17-,20+,21+,22+/m1/s1. The maximum Gasteiger partial charge on any atom is 0.303 e. The number of carboxylic acids is 1. The van der Waals surface area contributed by atoms with Crippen molar-refractivity contribution in [3.05, 3.63) is 11.6 Å². The second kappa shape index (κ2) is 5.96. The lowest BCUT2D eigenvalue weighted by Gasteiger charge is -2.63. The van der Waals surface area contributed by atoms with Crippen LogP contribution in [-0.2, 0) is 4.79 Å². The van der Waals surface area contributed by atoms with E-state index in [1.165, 1.54) is 38.5 Å². The number of aliphatic carboxylic acids is 1. The van der Waals surface area contributed by atoms with E-state index in [2.05, 4.69) is 33.1 Å². The maximum absolute atomic E-state index is 11.6. The van der Waals surface area contributed by atoms with Gasteiger partial charge in [-0.2, -0.15) is 0 Å². The molecule has 0 radical (unpaired) electrons. The Morgan fingerprint density at radius 2 is 2.12 bits per heavy atom. The van der Waals surface area contributed by atoms with Gasteiger partial charge in [-0.1, -0.05) is 32.4 Å². The minimum atomic E-state index is -0.650. The zero-order chi connectivity index (χ0) is 17.8. The third-order valence-electron chi connectivity index (χ3n) is 8.42. The first-order valence-electron chi connectivity index (χ1n) is 10.4. The van der Waals surface area contributed by atoms with Crippen LogP contribution in [0.3, 0.4) is 0 Å². The lowest BCUT2D eigenvalue weighted by molar-refractivity contribution is -0.139. The minimum Gasteiger partial charge on any atom is -0.481 e. The number of hydrogen-bond acceptors (Lipinski definition) is 2. The van der Waals surface area contributed by atoms with Crippen molar-refractivity contribution in [1.82, 2.24) is 0 Å². The highest BCUT2D eigenvalue weighted by atomic mass is 16.4. The molecule has 0 aromatic rings. The molecular formula is C22H33NO2. The molecule has 1 heterocycles. The van der Waals surface area contributed by atoms with Crippen molar-refractivity contribution in [1.29, 1.82) is 0 Å². The summed E-state index contributed by atoms with van der Waals surface area (Å²) in [6.45, 7) is 7.14. The Bertz CT molecular complexity index is 622. The molecule has 4 rings (SSSR count). The molecule has 0 unspecified atom stereocenters. The van der Waals surface area contributed by atoms with E-state index < -0.39 is 5.97 Å². The van der Waals surface area contributed by atoms with Gasteiger partial charge in [-0.15, -0.1) is 0 Å². The number of rotatable bonds is 4. The highest BCUT2D eigenvalue weighted by molar-refractivity contribution is 5.68. The predicted octanol–water partition coefficient (Wildman–Crippen LogP) is 5.11. The van der Waals surface area contributed by atoms with E-state index in [0.29, 0.717) is 23.7 Å². The summed E-state index contributed by atoms with van der Waals surface area (Å²) in [6.07, 6.45) is 13.3. The Balaban J connectivity index is 1.90. The van der Waals surface area contributed by atoms with Crippen molar-refractivity contribution < 1.29 is 9.90 Å². The fraction of sp³-hybridized carbons (Fsp3) is 0.818. The fourth-order valence-corrected chi connectivity index (χ4v) is 7.13. The molecule has 0 spiro atoms. The normalized spacial score (nSPS) is 45.0. The lowest BCUT2D eigenvalue weighted by Crippen LogP contribution is -2.61. The van der Waals surface area contributed by atoms with Crippen LogP contribution in [0.2, 0.25) is 0 Å². The van der Waals surface area contributed by atoms with Gasteiger partial charge in [0.05, 0.1) is 6.04 Å². The second-order valence-electron chi connectivity index (χ2n) is 9.59. The SMILES string of the molecule is CC(C)[C@H]1CC[C@@]2(C)[C@H]3C=N[C@@H]1[C@]2(CCC(=O)O)C1=CCC[C@@H]1CC3. The summed E-state index contributed by atoms with van der Waals surface area (Å²) >= 11 is 0. The average molecular weight is 344 g/mol. The zero-order valence-corrected chi connectivity index (χ0v) is 16.0. The monoisotopic (exact) mass is 343 g/mol. The van der Waals surface area contributed by atoms with Gasteiger partial charge in [-0.05, 0) is 68.1 Å². The average Bonchev–Trinajstić information content (AvgIpc) is 2.99. The molecule has 1 N–H and O–H groups in total. The van der Waals surface area contributed by atoms with Gasteiger partial charge in [0, 0.05) is 24.0 Å². The molecule has 2 fully saturated rings. The van der Waals surface area contributed by atoms with Crippen LogP contribution in [0.15, 0.2) is 16.6 Å². The molecule has 4 bridgehead atoms. The highest BCUT2D eigenvalue weighted by Gasteiger charge is 2.65. The summed E-state index contributed by atoms with van der Waals surface area (Å²) in [7, 11) is 0. The number of carboxylic acid groups (broad SMARTS) is 1. The van der Waals surface area contributed by atoms with E-state index in [1.807, 2.05) is 0 Å². The molecule has 25 heavy (non-hydrogen) atoms. The van der Waals surface area contributed by atoms with Crippen LogP contribution in [0.4, 0.5) is 0 Å². The van der Waals surface area contributed by atoms with Gasteiger partial charge >= 0.3 is 5.97 Å². The summed E-state index contributed by atoms with van der Waals surface area (Å²) in [5.41, 5.74) is 1.78. The minimum absolute atomic E-state index is 0.0182. The molecule has 1 aliphatic heterocycles. The van der Waals surface area contributed by atoms with E-state index in [-0.39, 0.29) is 23.3 Å². The van der Waals surface area contributed by atoms with Gasteiger partial charge < -0.3 is 5.11 Å². The topological polar surface area (TPSA) is 49.7 Å². The smallest absolute Gasteiger partial charge is 0.303 e. The van der Waals surface area contributed by atoms with Crippen LogP contribution in [0.1, 0.15) is 72.1 Å². The number of allylic oxidation sites excluding steroid dienone is 1. The van der Waals surface area contributed by atoms with Crippen LogP contribution in [-0.4, -0.2) is 23.3 Å². The first kappa shape index (κ1) is 17.3.